The lowest BCUT2D eigenvalue weighted by atomic mass is 9.76. The van der Waals surface area contributed by atoms with E-state index in [9.17, 15) is 13.2 Å². The van der Waals surface area contributed by atoms with Gasteiger partial charge in [0.25, 0.3) is 0 Å². The summed E-state index contributed by atoms with van der Waals surface area (Å²) in [4.78, 5) is 0. The Kier molecular flexibility index (Phi) is 8.35. The zero-order valence-corrected chi connectivity index (χ0v) is 20.3. The Morgan fingerprint density at radius 2 is 1.54 bits per heavy atom. The number of ether oxygens (including phenoxy) is 1. The Morgan fingerprint density at radius 1 is 0.829 bits per heavy atom. The van der Waals surface area contributed by atoms with Crippen LogP contribution in [0.5, 0.6) is 5.75 Å². The van der Waals surface area contributed by atoms with Crippen LogP contribution in [0.2, 0.25) is 0 Å². The molecule has 1 saturated carbocycles. The highest BCUT2D eigenvalue weighted by molar-refractivity contribution is 5.89. The van der Waals surface area contributed by atoms with Crippen LogP contribution in [0.4, 0.5) is 17.6 Å². The van der Waals surface area contributed by atoms with Crippen LogP contribution in [0.15, 0.2) is 54.6 Å². The van der Waals surface area contributed by atoms with E-state index < -0.39 is 6.36 Å². The summed E-state index contributed by atoms with van der Waals surface area (Å²) in [6.07, 6.45) is 8.25. The number of unbranched alkanes of at least 4 members (excludes halogenated alkanes) is 4. The monoisotopic (exact) mass is 486 g/mol. The van der Waals surface area contributed by atoms with E-state index in [1.54, 1.807) is 6.07 Å². The lowest BCUT2D eigenvalue weighted by Gasteiger charge is -2.29. The van der Waals surface area contributed by atoms with Gasteiger partial charge in [0.1, 0.15) is 11.6 Å². The van der Waals surface area contributed by atoms with Crippen molar-refractivity contribution in [1.82, 2.24) is 0 Å². The number of halogens is 4. The molecule has 0 atom stereocenters. The van der Waals surface area contributed by atoms with E-state index in [1.165, 1.54) is 94.0 Å². The lowest BCUT2D eigenvalue weighted by molar-refractivity contribution is -0.274. The lowest BCUT2D eigenvalue weighted by Crippen LogP contribution is -2.16. The molecule has 1 fully saturated rings. The van der Waals surface area contributed by atoms with E-state index in [4.69, 9.17) is 0 Å². The van der Waals surface area contributed by atoms with E-state index in [0.717, 1.165) is 11.3 Å². The Morgan fingerprint density at radius 3 is 2.23 bits per heavy atom. The molecule has 0 saturated heterocycles. The summed E-state index contributed by atoms with van der Waals surface area (Å²) < 4.78 is 56.4. The van der Waals surface area contributed by atoms with Gasteiger partial charge in [-0.15, -0.1) is 13.2 Å². The molecular weight excluding hydrogens is 452 g/mol. The molecule has 3 aromatic rings. The van der Waals surface area contributed by atoms with Crippen molar-refractivity contribution in [2.75, 3.05) is 0 Å². The number of hydrogen-bond acceptors (Lipinski definition) is 1. The average Bonchev–Trinajstić information content (AvgIpc) is 2.84. The van der Waals surface area contributed by atoms with E-state index in [0.29, 0.717) is 22.4 Å². The van der Waals surface area contributed by atoms with Crippen molar-refractivity contribution in [3.63, 3.8) is 0 Å². The van der Waals surface area contributed by atoms with Crippen molar-refractivity contribution in [1.29, 1.82) is 0 Å². The first-order chi connectivity index (χ1) is 16.8. The fourth-order valence-corrected chi connectivity index (χ4v) is 5.44. The van der Waals surface area contributed by atoms with Crippen LogP contribution in [0.25, 0.3) is 21.9 Å². The molecule has 0 radical (unpaired) electrons. The Hall–Kier alpha value is -2.56. The van der Waals surface area contributed by atoms with Crippen LogP contribution in [-0.2, 0) is 0 Å². The summed E-state index contributed by atoms with van der Waals surface area (Å²) in [7, 11) is 0. The van der Waals surface area contributed by atoms with Gasteiger partial charge in [0.2, 0.25) is 0 Å². The highest BCUT2D eigenvalue weighted by atomic mass is 19.4. The first kappa shape index (κ1) is 25.5. The van der Waals surface area contributed by atoms with Gasteiger partial charge < -0.3 is 4.74 Å². The zero-order valence-electron chi connectivity index (χ0n) is 20.3. The van der Waals surface area contributed by atoms with Crippen molar-refractivity contribution < 1.29 is 22.3 Å². The molecule has 3 aromatic carbocycles. The quantitative estimate of drug-likeness (QED) is 0.216. The predicted molar refractivity (Wildman–Crippen MR) is 134 cm³/mol. The molecule has 0 unspecified atom stereocenters. The molecule has 0 bridgehead atoms. The minimum Gasteiger partial charge on any atom is -0.406 e. The molecule has 1 aliphatic carbocycles. The normalized spacial score (nSPS) is 18.7. The SMILES string of the molecule is CCCCCCCC1CCC(c2ccc3c(F)c(-c4ccc(OC(F)(F)F)cc4)ccc3c2)CC1. The average molecular weight is 487 g/mol. The molecule has 5 heteroatoms. The number of benzene rings is 3. The maximum atomic E-state index is 15.3. The second kappa shape index (κ2) is 11.5. The molecule has 0 heterocycles. The minimum atomic E-state index is -4.75. The minimum absolute atomic E-state index is 0.321. The third-order valence-corrected chi connectivity index (χ3v) is 7.41. The fourth-order valence-electron chi connectivity index (χ4n) is 5.44. The fraction of sp³-hybridized carbons (Fsp3) is 0.467. The molecule has 1 aliphatic rings. The van der Waals surface area contributed by atoms with Crippen LogP contribution in [-0.4, -0.2) is 6.36 Å². The molecule has 0 N–H and O–H groups in total. The van der Waals surface area contributed by atoms with Gasteiger partial charge in [0.15, 0.2) is 0 Å². The van der Waals surface area contributed by atoms with E-state index in [-0.39, 0.29) is 11.6 Å². The largest absolute Gasteiger partial charge is 0.573 e. The highest BCUT2D eigenvalue weighted by Crippen LogP contribution is 2.39. The van der Waals surface area contributed by atoms with Gasteiger partial charge in [0.05, 0.1) is 0 Å². The van der Waals surface area contributed by atoms with Crippen molar-refractivity contribution in [2.24, 2.45) is 5.92 Å². The van der Waals surface area contributed by atoms with Crippen molar-refractivity contribution >= 4 is 10.8 Å². The van der Waals surface area contributed by atoms with Crippen molar-refractivity contribution in [3.8, 4) is 16.9 Å². The summed E-state index contributed by atoms with van der Waals surface area (Å²) in [6, 6.07) is 14.9. The van der Waals surface area contributed by atoms with Crippen molar-refractivity contribution in [2.45, 2.75) is 83.4 Å². The molecular formula is C30H34F4O. The first-order valence-corrected chi connectivity index (χ1v) is 12.9. The van der Waals surface area contributed by atoms with E-state index >= 15 is 4.39 Å². The Labute approximate surface area is 205 Å². The van der Waals surface area contributed by atoms with Crippen LogP contribution < -0.4 is 4.74 Å². The van der Waals surface area contributed by atoms with Crippen LogP contribution in [0.1, 0.15) is 82.6 Å². The van der Waals surface area contributed by atoms with E-state index in [2.05, 4.69) is 17.7 Å². The van der Waals surface area contributed by atoms with Gasteiger partial charge in [-0.25, -0.2) is 4.39 Å². The van der Waals surface area contributed by atoms with Crippen molar-refractivity contribution in [3.05, 3.63) is 66.0 Å². The second-order valence-electron chi connectivity index (χ2n) is 9.90. The summed E-state index contributed by atoms with van der Waals surface area (Å²) >= 11 is 0. The predicted octanol–water partition coefficient (Wildman–Crippen LogP) is 10.2. The van der Waals surface area contributed by atoms with E-state index in [1.807, 2.05) is 18.2 Å². The second-order valence-corrected chi connectivity index (χ2v) is 9.90. The van der Waals surface area contributed by atoms with Gasteiger partial charge >= 0.3 is 6.36 Å². The van der Waals surface area contributed by atoms with Crippen LogP contribution in [0.3, 0.4) is 0 Å². The van der Waals surface area contributed by atoms with Crippen LogP contribution in [0, 0.1) is 11.7 Å². The highest BCUT2D eigenvalue weighted by Gasteiger charge is 2.31. The molecule has 35 heavy (non-hydrogen) atoms. The summed E-state index contributed by atoms with van der Waals surface area (Å²) in [5.74, 6) is 0.699. The third-order valence-electron chi connectivity index (χ3n) is 7.41. The number of rotatable bonds is 9. The molecule has 188 valence electrons. The molecule has 1 nitrogen and oxygen atoms in total. The number of alkyl halides is 3. The maximum Gasteiger partial charge on any atom is 0.573 e. The Balaban J connectivity index is 1.40. The van der Waals surface area contributed by atoms with Gasteiger partial charge in [-0.05, 0) is 66.2 Å². The third kappa shape index (κ3) is 6.77. The number of fused-ring (bicyclic) bond motifs is 1. The zero-order chi connectivity index (χ0) is 24.8. The van der Waals surface area contributed by atoms with Gasteiger partial charge in [-0.3, -0.25) is 0 Å². The maximum absolute atomic E-state index is 15.3. The Bertz CT molecular complexity index is 1100. The summed E-state index contributed by atoms with van der Waals surface area (Å²) in [6.45, 7) is 2.25. The molecule has 4 rings (SSSR count). The summed E-state index contributed by atoms with van der Waals surface area (Å²) in [5.41, 5.74) is 2.15. The molecule has 0 aliphatic heterocycles. The summed E-state index contributed by atoms with van der Waals surface area (Å²) in [5, 5.41) is 1.39. The standard InChI is InChI=1S/C30H34F4O/c1-2-3-4-5-6-7-21-8-10-22(11-9-21)24-14-18-28-25(20-24)15-19-27(29(28)31)23-12-16-26(17-13-23)35-30(32,33)34/h12-22H,2-11H2,1H3. The molecule has 0 aromatic heterocycles. The first-order valence-electron chi connectivity index (χ1n) is 12.9. The van der Waals surface area contributed by atoms with Gasteiger partial charge in [-0.2, -0.15) is 0 Å². The van der Waals surface area contributed by atoms with Crippen LogP contribution >= 0.6 is 0 Å². The van der Waals surface area contributed by atoms with Gasteiger partial charge in [-0.1, -0.05) is 87.9 Å². The number of hydrogen-bond donors (Lipinski definition) is 0. The smallest absolute Gasteiger partial charge is 0.406 e. The molecule has 0 spiro atoms. The topological polar surface area (TPSA) is 9.23 Å². The van der Waals surface area contributed by atoms with Gasteiger partial charge in [0, 0.05) is 10.9 Å². The molecule has 0 amide bonds.